The zero-order chi connectivity index (χ0) is 21.2. The van der Waals surface area contributed by atoms with Crippen LogP contribution in [0.2, 0.25) is 0 Å². The molecule has 0 amide bonds. The molecule has 3 rings (SSSR count). The number of hydrogen-bond acceptors (Lipinski definition) is 4. The number of hydrogen-bond donors (Lipinski definition) is 0. The molecule has 0 aliphatic heterocycles. The van der Waals surface area contributed by atoms with Gasteiger partial charge in [-0.2, -0.15) is 18.2 Å². The number of alkyl halides is 3. The minimum absolute atomic E-state index is 0.0671. The average molecular weight is 407 g/mol. The van der Waals surface area contributed by atoms with Gasteiger partial charge in [0.05, 0.1) is 0 Å². The molecule has 0 radical (unpaired) electrons. The van der Waals surface area contributed by atoms with Crippen LogP contribution in [0.15, 0.2) is 30.5 Å². The third-order valence-electron chi connectivity index (χ3n) is 5.11. The van der Waals surface area contributed by atoms with Crippen molar-refractivity contribution in [1.82, 2.24) is 9.97 Å². The lowest BCUT2D eigenvalue weighted by Crippen LogP contribution is -2.26. The zero-order valence-electron chi connectivity index (χ0n) is 17.4. The van der Waals surface area contributed by atoms with Gasteiger partial charge in [-0.15, -0.1) is 0 Å². The second-order valence-corrected chi connectivity index (χ2v) is 8.55. The van der Waals surface area contributed by atoms with Crippen molar-refractivity contribution in [3.8, 4) is 6.01 Å². The maximum absolute atomic E-state index is 13.7. The van der Waals surface area contributed by atoms with Gasteiger partial charge in [0.25, 0.3) is 0 Å². The molecule has 2 aromatic rings. The van der Waals surface area contributed by atoms with Crippen molar-refractivity contribution in [3.05, 3.63) is 41.6 Å². The van der Waals surface area contributed by atoms with Crippen LogP contribution in [-0.4, -0.2) is 22.6 Å². The number of nitrogens with zero attached hydrogens (tertiary/aromatic N) is 3. The molecule has 0 N–H and O–H groups in total. The largest absolute Gasteiger partial charge is 0.458 e. The summed E-state index contributed by atoms with van der Waals surface area (Å²) in [6.45, 7) is 5.40. The summed E-state index contributed by atoms with van der Waals surface area (Å²) in [4.78, 5) is 9.48. The van der Waals surface area contributed by atoms with Crippen LogP contribution in [0.5, 0.6) is 6.01 Å². The highest BCUT2D eigenvalue weighted by molar-refractivity contribution is 5.66. The van der Waals surface area contributed by atoms with E-state index in [1.807, 2.05) is 24.3 Å². The third kappa shape index (κ3) is 5.19. The fourth-order valence-corrected chi connectivity index (χ4v) is 3.80. The van der Waals surface area contributed by atoms with E-state index < -0.39 is 17.3 Å². The van der Waals surface area contributed by atoms with Gasteiger partial charge in [0.2, 0.25) is 0 Å². The summed E-state index contributed by atoms with van der Waals surface area (Å²) in [7, 11) is 1.63. The van der Waals surface area contributed by atoms with Crippen LogP contribution >= 0.6 is 0 Å². The van der Waals surface area contributed by atoms with Crippen LogP contribution in [0.25, 0.3) is 0 Å². The highest BCUT2D eigenvalue weighted by Crippen LogP contribution is 2.42. The number of ether oxygens (including phenoxy) is 1. The third-order valence-corrected chi connectivity index (χ3v) is 5.11. The van der Waals surface area contributed by atoms with Crippen LogP contribution in [0.4, 0.5) is 24.7 Å². The van der Waals surface area contributed by atoms with E-state index in [0.29, 0.717) is 5.92 Å². The molecule has 0 unspecified atom stereocenters. The molecule has 29 heavy (non-hydrogen) atoms. The Morgan fingerprint density at radius 2 is 1.69 bits per heavy atom. The summed E-state index contributed by atoms with van der Waals surface area (Å²) in [6, 6.07) is 7.60. The second kappa shape index (κ2) is 8.20. The Hall–Kier alpha value is -2.31. The van der Waals surface area contributed by atoms with Crippen molar-refractivity contribution < 1.29 is 17.9 Å². The Kier molecular flexibility index (Phi) is 6.05. The van der Waals surface area contributed by atoms with Crippen LogP contribution in [0, 0.1) is 0 Å². The quantitative estimate of drug-likeness (QED) is 0.581. The molecule has 7 heteroatoms. The summed E-state index contributed by atoms with van der Waals surface area (Å²) in [6.07, 6.45) is 1.86. The first-order chi connectivity index (χ1) is 13.6. The Bertz CT molecular complexity index is 840. The zero-order valence-corrected chi connectivity index (χ0v) is 17.4. The van der Waals surface area contributed by atoms with Gasteiger partial charge in [-0.1, -0.05) is 37.5 Å². The first-order valence-electron chi connectivity index (χ1n) is 10.0. The lowest BCUT2D eigenvalue weighted by molar-refractivity contribution is -0.137. The van der Waals surface area contributed by atoms with Gasteiger partial charge in [-0.05, 0) is 51.2 Å². The lowest BCUT2D eigenvalue weighted by Gasteiger charge is -2.29. The monoisotopic (exact) mass is 407 g/mol. The highest BCUT2D eigenvalue weighted by Gasteiger charge is 2.37. The van der Waals surface area contributed by atoms with E-state index in [-0.39, 0.29) is 11.8 Å². The standard InChI is InChI=1S/C22H28F3N3O/c1-21(2,3)29-20-26-14-17(22(23,24)25)19(27-20)28(4)18-13-9-8-12-16(18)15-10-6-5-7-11-15/h8-9,12-15H,5-7,10-11H2,1-4H3. The SMILES string of the molecule is CN(c1ccccc1C1CCCCC1)c1nc(OC(C)(C)C)ncc1C(F)(F)F. The van der Waals surface area contributed by atoms with E-state index in [1.54, 1.807) is 27.8 Å². The van der Waals surface area contributed by atoms with Crippen molar-refractivity contribution in [2.24, 2.45) is 0 Å². The van der Waals surface area contributed by atoms with Crippen molar-refractivity contribution in [3.63, 3.8) is 0 Å². The summed E-state index contributed by atoms with van der Waals surface area (Å²) in [5.41, 5.74) is 0.319. The number of benzene rings is 1. The molecule has 0 spiro atoms. The molecule has 1 aliphatic carbocycles. The van der Waals surface area contributed by atoms with Crippen molar-refractivity contribution in [1.29, 1.82) is 0 Å². The van der Waals surface area contributed by atoms with Crippen LogP contribution in [-0.2, 0) is 6.18 Å². The number of aromatic nitrogens is 2. The Balaban J connectivity index is 2.06. The summed E-state index contributed by atoms with van der Waals surface area (Å²) >= 11 is 0. The van der Waals surface area contributed by atoms with Crippen molar-refractivity contribution in [2.75, 3.05) is 11.9 Å². The van der Waals surface area contributed by atoms with Gasteiger partial charge >= 0.3 is 12.2 Å². The minimum atomic E-state index is -4.57. The van der Waals surface area contributed by atoms with Gasteiger partial charge in [0.15, 0.2) is 5.82 Å². The first kappa shape index (κ1) is 21.4. The topological polar surface area (TPSA) is 38.2 Å². The van der Waals surface area contributed by atoms with Gasteiger partial charge in [0.1, 0.15) is 11.2 Å². The van der Waals surface area contributed by atoms with E-state index in [0.717, 1.165) is 43.1 Å². The van der Waals surface area contributed by atoms with Crippen molar-refractivity contribution >= 4 is 11.5 Å². The van der Waals surface area contributed by atoms with E-state index in [4.69, 9.17) is 4.74 Å². The lowest BCUT2D eigenvalue weighted by atomic mass is 9.83. The van der Waals surface area contributed by atoms with Gasteiger partial charge in [-0.25, -0.2) is 4.98 Å². The van der Waals surface area contributed by atoms with Crippen molar-refractivity contribution in [2.45, 2.75) is 70.6 Å². The van der Waals surface area contributed by atoms with E-state index >= 15 is 0 Å². The number of halogens is 3. The highest BCUT2D eigenvalue weighted by atomic mass is 19.4. The number of para-hydroxylation sites is 1. The molecule has 0 atom stereocenters. The molecular weight excluding hydrogens is 379 g/mol. The van der Waals surface area contributed by atoms with E-state index in [2.05, 4.69) is 9.97 Å². The molecule has 1 heterocycles. The van der Waals surface area contributed by atoms with Crippen LogP contribution in [0.1, 0.15) is 69.9 Å². The summed E-state index contributed by atoms with van der Waals surface area (Å²) in [5, 5.41) is 0. The second-order valence-electron chi connectivity index (χ2n) is 8.55. The molecule has 1 saturated carbocycles. The fraction of sp³-hybridized carbons (Fsp3) is 0.545. The Labute approximate surface area is 170 Å². The molecule has 1 aromatic heterocycles. The predicted molar refractivity (Wildman–Crippen MR) is 108 cm³/mol. The first-order valence-corrected chi connectivity index (χ1v) is 10.0. The van der Waals surface area contributed by atoms with Crippen LogP contribution < -0.4 is 9.64 Å². The maximum Gasteiger partial charge on any atom is 0.421 e. The average Bonchev–Trinajstić information content (AvgIpc) is 2.66. The summed E-state index contributed by atoms with van der Waals surface area (Å²) < 4.78 is 46.7. The smallest absolute Gasteiger partial charge is 0.421 e. The molecule has 1 aromatic carbocycles. The number of anilines is 2. The Morgan fingerprint density at radius 1 is 1.03 bits per heavy atom. The maximum atomic E-state index is 13.7. The molecule has 158 valence electrons. The summed E-state index contributed by atoms with van der Waals surface area (Å²) in [5.74, 6) is 0.152. The van der Waals surface area contributed by atoms with E-state index in [9.17, 15) is 13.2 Å². The minimum Gasteiger partial charge on any atom is -0.458 e. The van der Waals surface area contributed by atoms with E-state index in [1.165, 1.54) is 11.3 Å². The molecule has 0 bridgehead atoms. The normalized spacial score (nSPS) is 16.0. The Morgan fingerprint density at radius 3 is 2.31 bits per heavy atom. The molecule has 4 nitrogen and oxygen atoms in total. The fourth-order valence-electron chi connectivity index (χ4n) is 3.80. The van der Waals surface area contributed by atoms with Crippen LogP contribution in [0.3, 0.4) is 0 Å². The van der Waals surface area contributed by atoms with Gasteiger partial charge in [0, 0.05) is 18.9 Å². The predicted octanol–water partition coefficient (Wildman–Crippen LogP) is 6.49. The molecule has 1 aliphatic rings. The molecule has 1 fully saturated rings. The molecular formula is C22H28F3N3O. The van der Waals surface area contributed by atoms with Gasteiger partial charge in [-0.3, -0.25) is 0 Å². The number of rotatable bonds is 4. The molecule has 0 saturated heterocycles. The van der Waals surface area contributed by atoms with Gasteiger partial charge < -0.3 is 9.64 Å².